The third-order valence-corrected chi connectivity index (χ3v) is 3.24. The number of hydrogen-bond donors (Lipinski definition) is 1. The summed E-state index contributed by atoms with van der Waals surface area (Å²) >= 11 is 0. The molecule has 1 aromatic carbocycles. The predicted octanol–water partition coefficient (Wildman–Crippen LogP) is 2.95. The fraction of sp³-hybridized carbons (Fsp3) is 0.235. The zero-order chi connectivity index (χ0) is 16.1. The van der Waals surface area contributed by atoms with Crippen LogP contribution >= 0.6 is 0 Å². The van der Waals surface area contributed by atoms with Crippen molar-refractivity contribution in [1.29, 1.82) is 0 Å². The van der Waals surface area contributed by atoms with Gasteiger partial charge in [0.25, 0.3) is 5.91 Å². The number of nitrogens with zero attached hydrogens (tertiary/aromatic N) is 2. The smallest absolute Gasteiger partial charge is 0.258 e. The highest BCUT2D eigenvalue weighted by Crippen LogP contribution is 2.17. The average Bonchev–Trinajstić information content (AvgIpc) is 2.54. The highest BCUT2D eigenvalue weighted by Gasteiger charge is 2.14. The first-order chi connectivity index (χ1) is 10.5. The maximum atomic E-state index is 12.5. The number of nitrogens with one attached hydrogen (secondary N) is 1. The van der Waals surface area contributed by atoms with E-state index in [1.807, 2.05) is 19.9 Å². The molecule has 0 bridgehead atoms. The van der Waals surface area contributed by atoms with E-state index in [9.17, 15) is 9.59 Å². The van der Waals surface area contributed by atoms with Crippen LogP contribution in [0, 0.1) is 5.92 Å². The molecule has 2 amide bonds. The molecule has 0 atom stereocenters. The molecule has 0 saturated carbocycles. The van der Waals surface area contributed by atoms with E-state index in [-0.39, 0.29) is 17.7 Å². The highest BCUT2D eigenvalue weighted by atomic mass is 16.2. The second-order valence-corrected chi connectivity index (χ2v) is 5.30. The Balaban J connectivity index is 2.18. The van der Waals surface area contributed by atoms with Crippen LogP contribution in [0.3, 0.4) is 0 Å². The van der Waals surface area contributed by atoms with Crippen molar-refractivity contribution in [2.75, 3.05) is 17.3 Å². The lowest BCUT2D eigenvalue weighted by Gasteiger charge is -2.17. The van der Waals surface area contributed by atoms with E-state index >= 15 is 0 Å². The molecule has 1 heterocycles. The fourth-order valence-electron chi connectivity index (χ4n) is 1.88. The molecule has 2 rings (SSSR count). The van der Waals surface area contributed by atoms with Crippen LogP contribution in [-0.2, 0) is 4.79 Å². The third kappa shape index (κ3) is 3.69. The molecule has 0 spiro atoms. The molecule has 0 unspecified atom stereocenters. The summed E-state index contributed by atoms with van der Waals surface area (Å²) in [4.78, 5) is 29.8. The van der Waals surface area contributed by atoms with Gasteiger partial charge in [0.1, 0.15) is 0 Å². The number of hydrogen-bond acceptors (Lipinski definition) is 3. The van der Waals surface area contributed by atoms with E-state index in [1.54, 1.807) is 49.8 Å². The van der Waals surface area contributed by atoms with Gasteiger partial charge >= 0.3 is 0 Å². The summed E-state index contributed by atoms with van der Waals surface area (Å²) in [6.07, 6.45) is 3.28. The molecule has 0 aliphatic carbocycles. The summed E-state index contributed by atoms with van der Waals surface area (Å²) in [6, 6.07) is 10.5. The topological polar surface area (TPSA) is 62.3 Å². The quantitative estimate of drug-likeness (QED) is 0.943. The van der Waals surface area contributed by atoms with E-state index in [4.69, 9.17) is 0 Å². The van der Waals surface area contributed by atoms with Crippen LogP contribution in [0.4, 0.5) is 11.4 Å². The van der Waals surface area contributed by atoms with Gasteiger partial charge in [-0.2, -0.15) is 0 Å². The Hall–Kier alpha value is -2.69. The number of amides is 2. The minimum absolute atomic E-state index is 0.0785. The third-order valence-electron chi connectivity index (χ3n) is 3.24. The first-order valence-electron chi connectivity index (χ1n) is 7.08. The number of carbonyl (C=O) groups excluding carboxylic acids is 2. The second-order valence-electron chi connectivity index (χ2n) is 5.30. The average molecular weight is 297 g/mol. The van der Waals surface area contributed by atoms with Gasteiger partial charge in [-0.05, 0) is 30.3 Å². The van der Waals surface area contributed by atoms with Crippen LogP contribution in [0.25, 0.3) is 0 Å². The van der Waals surface area contributed by atoms with Gasteiger partial charge in [0.15, 0.2) is 0 Å². The Morgan fingerprint density at radius 3 is 2.59 bits per heavy atom. The standard InChI is InChI=1S/C17H19N3O2/c1-12(2)16(21)19-14-7-4-6-13(10-14)17(22)20(3)15-8-5-9-18-11-15/h4-12H,1-3H3,(H,19,21). The normalized spacial score (nSPS) is 10.4. The van der Waals surface area contributed by atoms with Crippen molar-refractivity contribution >= 4 is 23.2 Å². The Morgan fingerprint density at radius 2 is 1.95 bits per heavy atom. The Morgan fingerprint density at radius 1 is 1.18 bits per heavy atom. The Kier molecular flexibility index (Phi) is 4.88. The summed E-state index contributed by atoms with van der Waals surface area (Å²) in [6.45, 7) is 3.64. The van der Waals surface area contributed by atoms with Gasteiger partial charge in [0, 0.05) is 30.4 Å². The van der Waals surface area contributed by atoms with Crippen LogP contribution in [0.15, 0.2) is 48.8 Å². The van der Waals surface area contributed by atoms with E-state index in [0.717, 1.165) is 0 Å². The Labute approximate surface area is 130 Å². The highest BCUT2D eigenvalue weighted by molar-refractivity contribution is 6.06. The van der Waals surface area contributed by atoms with E-state index in [0.29, 0.717) is 16.9 Å². The first-order valence-corrected chi connectivity index (χ1v) is 7.08. The van der Waals surface area contributed by atoms with Gasteiger partial charge < -0.3 is 10.2 Å². The van der Waals surface area contributed by atoms with Crippen LogP contribution in [0.5, 0.6) is 0 Å². The van der Waals surface area contributed by atoms with Crippen molar-refractivity contribution in [2.24, 2.45) is 5.92 Å². The molecule has 5 nitrogen and oxygen atoms in total. The minimum atomic E-state index is -0.159. The van der Waals surface area contributed by atoms with Crippen LogP contribution in [0.2, 0.25) is 0 Å². The lowest BCUT2D eigenvalue weighted by Crippen LogP contribution is -2.26. The Bertz CT molecular complexity index is 669. The second kappa shape index (κ2) is 6.85. The molecule has 0 saturated heterocycles. The SMILES string of the molecule is CC(C)C(=O)Nc1cccc(C(=O)N(C)c2cccnc2)c1. The van der Waals surface area contributed by atoms with Crippen molar-refractivity contribution in [3.8, 4) is 0 Å². The van der Waals surface area contributed by atoms with E-state index < -0.39 is 0 Å². The predicted molar refractivity (Wildman–Crippen MR) is 86.9 cm³/mol. The number of carbonyl (C=O) groups is 2. The van der Waals surface area contributed by atoms with Crippen molar-refractivity contribution in [3.05, 3.63) is 54.4 Å². The molecule has 5 heteroatoms. The molecule has 1 aromatic heterocycles. The van der Waals surface area contributed by atoms with Gasteiger partial charge in [-0.1, -0.05) is 19.9 Å². The lowest BCUT2D eigenvalue weighted by molar-refractivity contribution is -0.118. The molecule has 0 radical (unpaired) electrons. The van der Waals surface area contributed by atoms with Crippen molar-refractivity contribution in [1.82, 2.24) is 4.98 Å². The van der Waals surface area contributed by atoms with Gasteiger partial charge in [-0.3, -0.25) is 14.6 Å². The molecule has 1 N–H and O–H groups in total. The number of anilines is 2. The molecule has 0 aliphatic heterocycles. The zero-order valence-electron chi connectivity index (χ0n) is 12.9. The van der Waals surface area contributed by atoms with E-state index in [2.05, 4.69) is 10.3 Å². The molecule has 0 aliphatic rings. The first kappa shape index (κ1) is 15.7. The lowest BCUT2D eigenvalue weighted by atomic mass is 10.1. The maximum absolute atomic E-state index is 12.5. The maximum Gasteiger partial charge on any atom is 0.258 e. The van der Waals surface area contributed by atoms with Gasteiger partial charge in [0.05, 0.1) is 11.9 Å². The van der Waals surface area contributed by atoms with E-state index in [1.165, 1.54) is 4.90 Å². The van der Waals surface area contributed by atoms with Gasteiger partial charge in [0.2, 0.25) is 5.91 Å². The fourth-order valence-corrected chi connectivity index (χ4v) is 1.88. The largest absolute Gasteiger partial charge is 0.326 e. The molecular formula is C17H19N3O2. The van der Waals surface area contributed by atoms with Crippen molar-refractivity contribution in [3.63, 3.8) is 0 Å². The summed E-state index contributed by atoms with van der Waals surface area (Å²) in [5.41, 5.74) is 1.83. The number of rotatable bonds is 4. The monoisotopic (exact) mass is 297 g/mol. The van der Waals surface area contributed by atoms with Gasteiger partial charge in [-0.15, -0.1) is 0 Å². The molecule has 114 valence electrons. The zero-order valence-corrected chi connectivity index (χ0v) is 12.9. The molecular weight excluding hydrogens is 278 g/mol. The molecule has 22 heavy (non-hydrogen) atoms. The summed E-state index contributed by atoms with van der Waals surface area (Å²) < 4.78 is 0. The van der Waals surface area contributed by atoms with Crippen LogP contribution in [-0.4, -0.2) is 23.8 Å². The summed E-state index contributed by atoms with van der Waals surface area (Å²) in [5, 5.41) is 2.79. The number of pyridine rings is 1. The van der Waals surface area contributed by atoms with Crippen LogP contribution < -0.4 is 10.2 Å². The van der Waals surface area contributed by atoms with Crippen molar-refractivity contribution < 1.29 is 9.59 Å². The summed E-state index contributed by atoms with van der Waals surface area (Å²) in [5.74, 6) is -0.351. The minimum Gasteiger partial charge on any atom is -0.326 e. The van der Waals surface area contributed by atoms with Gasteiger partial charge in [-0.25, -0.2) is 0 Å². The van der Waals surface area contributed by atoms with Crippen molar-refractivity contribution in [2.45, 2.75) is 13.8 Å². The molecule has 0 fully saturated rings. The number of benzene rings is 1. The van der Waals surface area contributed by atoms with Crippen LogP contribution in [0.1, 0.15) is 24.2 Å². The molecule has 2 aromatic rings. The summed E-state index contributed by atoms with van der Waals surface area (Å²) in [7, 11) is 1.69. The number of aromatic nitrogens is 1.